The molecule has 0 spiro atoms. The Morgan fingerprint density at radius 3 is 2.00 bits per heavy atom. The van der Waals surface area contributed by atoms with E-state index in [0.717, 1.165) is 22.8 Å². The van der Waals surface area contributed by atoms with E-state index in [1.165, 1.54) is 0 Å². The summed E-state index contributed by atoms with van der Waals surface area (Å²) in [6.07, 6.45) is 1.28. The molecule has 0 atom stereocenters. The van der Waals surface area contributed by atoms with Gasteiger partial charge in [0.2, 0.25) is 5.52 Å². The van der Waals surface area contributed by atoms with Gasteiger partial charge in [0, 0.05) is 4.90 Å². The van der Waals surface area contributed by atoms with E-state index in [-0.39, 0.29) is 65.7 Å². The van der Waals surface area contributed by atoms with Crippen molar-refractivity contribution in [3.8, 4) is 5.75 Å². The molecular weight excluding hydrogens is 410 g/mol. The molecule has 0 amide bonds. The van der Waals surface area contributed by atoms with E-state index in [2.05, 4.69) is 5.32 Å². The van der Waals surface area contributed by atoms with Crippen molar-refractivity contribution in [1.29, 1.82) is 0 Å². The van der Waals surface area contributed by atoms with Crippen molar-refractivity contribution >= 4 is 86.1 Å². The molecule has 0 saturated carbocycles. The fourth-order valence-corrected chi connectivity index (χ4v) is 4.97. The Balaban J connectivity index is 0. The van der Waals surface area contributed by atoms with Gasteiger partial charge in [-0.2, -0.15) is 0 Å². The fraction of sp³-hybridized carbons (Fsp3) is 0.500. The number of benzene rings is 1. The van der Waals surface area contributed by atoms with Crippen LogP contribution >= 0.6 is 27.0 Å². The Kier molecular flexibility index (Phi) is 15.9. The first-order valence-electron chi connectivity index (χ1n) is 6.75. The molecule has 25 heavy (non-hydrogen) atoms. The summed E-state index contributed by atoms with van der Waals surface area (Å²) in [4.78, 5) is 36.9. The molecule has 5 N–H and O–H groups in total. The Bertz CT molecular complexity index is 559. The van der Waals surface area contributed by atoms with Crippen molar-refractivity contribution in [1.82, 2.24) is 5.32 Å². The summed E-state index contributed by atoms with van der Waals surface area (Å²) in [5, 5.41) is 2.26. The van der Waals surface area contributed by atoms with Crippen molar-refractivity contribution < 1.29 is 33.4 Å². The molecule has 1 rings (SSSR count). The molecule has 1 aromatic carbocycles. The second kappa shape index (κ2) is 13.7. The maximum absolute atomic E-state index is 11.1. The topological polar surface area (TPSA) is 136 Å². The van der Waals surface area contributed by atoms with Gasteiger partial charge in [-0.25, -0.2) is 0 Å². The van der Waals surface area contributed by atoms with E-state index >= 15 is 0 Å². The van der Waals surface area contributed by atoms with Crippen LogP contribution in [-0.2, 0) is 9.13 Å². The van der Waals surface area contributed by atoms with Gasteiger partial charge in [0.1, 0.15) is 5.75 Å². The molecule has 0 heterocycles. The van der Waals surface area contributed by atoms with Crippen LogP contribution in [0.5, 0.6) is 5.75 Å². The van der Waals surface area contributed by atoms with Gasteiger partial charge >= 0.3 is 74.3 Å². The second-order valence-electron chi connectivity index (χ2n) is 4.74. The van der Waals surface area contributed by atoms with Gasteiger partial charge in [-0.05, 0) is 49.4 Å². The van der Waals surface area contributed by atoms with E-state index in [1.54, 1.807) is 18.9 Å². The zero-order chi connectivity index (χ0) is 17.5. The van der Waals surface area contributed by atoms with Gasteiger partial charge in [-0.1, -0.05) is 0 Å². The van der Waals surface area contributed by atoms with E-state index < -0.39 is 20.7 Å². The summed E-state index contributed by atoms with van der Waals surface area (Å²) < 4.78 is 27.2. The molecule has 0 aliphatic carbocycles. The Morgan fingerprint density at radius 2 is 1.56 bits per heavy atom. The number of hydrogen-bond acceptors (Lipinski definition) is 5. The Hall–Kier alpha value is 1.63. The van der Waals surface area contributed by atoms with Gasteiger partial charge in [0.15, 0.2) is 0 Å². The fourth-order valence-electron chi connectivity index (χ4n) is 1.75. The first kappa shape index (κ1) is 28.8. The molecule has 0 unspecified atom stereocenters. The summed E-state index contributed by atoms with van der Waals surface area (Å²) in [5.41, 5.74) is -2.13. The van der Waals surface area contributed by atoms with Gasteiger partial charge in [-0.15, -0.1) is 11.8 Å². The van der Waals surface area contributed by atoms with Crippen LogP contribution in [0.4, 0.5) is 0 Å². The van der Waals surface area contributed by atoms with Gasteiger partial charge in [-0.3, -0.25) is 14.4 Å². The molecule has 13 heteroatoms. The number of hydrogen-bond donors (Lipinski definition) is 5. The van der Waals surface area contributed by atoms with Crippen LogP contribution < -0.4 is 10.1 Å². The molecule has 0 radical (unpaired) electrons. The van der Waals surface area contributed by atoms with Crippen LogP contribution in [0, 0.1) is 0 Å². The molecule has 1 aromatic rings. The van der Waals surface area contributed by atoms with E-state index in [4.69, 9.17) is 24.3 Å². The molecule has 0 aliphatic heterocycles. The number of thioether (sulfide) groups is 1. The first-order valence-corrected chi connectivity index (χ1v) is 11.1. The first-order chi connectivity index (χ1) is 10.6. The molecule has 0 fully saturated rings. The third-order valence-corrected chi connectivity index (χ3v) is 7.41. The van der Waals surface area contributed by atoms with Crippen LogP contribution in [0.25, 0.3) is 0 Å². The quantitative estimate of drug-likeness (QED) is 0.155. The van der Waals surface area contributed by atoms with Crippen LogP contribution in [-0.4, -0.2) is 104 Å². The van der Waals surface area contributed by atoms with E-state index in [0.29, 0.717) is 6.42 Å². The average Bonchev–Trinajstić information content (AvgIpc) is 2.44. The third-order valence-electron chi connectivity index (χ3n) is 2.86. The number of rotatable bonds is 10. The molecule has 0 bridgehead atoms. The summed E-state index contributed by atoms with van der Waals surface area (Å²) in [6, 6.07) is 7.57. The second-order valence-corrected chi connectivity index (χ2v) is 9.70. The van der Waals surface area contributed by atoms with E-state index in [1.807, 2.05) is 24.3 Å². The molecule has 136 valence electrons. The predicted molar refractivity (Wildman–Crippen MR) is 103 cm³/mol. The van der Waals surface area contributed by atoms with Crippen LogP contribution in [0.3, 0.4) is 0 Å². The number of nitrogens with one attached hydrogen (secondary N) is 1. The summed E-state index contributed by atoms with van der Waals surface area (Å²) >= 11 is 1.62. The molecular formula is C12H23NNa2O7P2S. The van der Waals surface area contributed by atoms with Gasteiger partial charge in [0.05, 0.1) is 7.11 Å². The molecule has 0 saturated heterocycles. The van der Waals surface area contributed by atoms with Crippen LogP contribution in [0.15, 0.2) is 29.2 Å². The minimum atomic E-state index is -4.90. The van der Waals surface area contributed by atoms with Crippen molar-refractivity contribution in [2.45, 2.75) is 23.3 Å². The zero-order valence-electron chi connectivity index (χ0n) is 12.5. The van der Waals surface area contributed by atoms with Crippen molar-refractivity contribution in [3.05, 3.63) is 24.3 Å². The number of methoxy groups -OCH3 is 1. The van der Waals surface area contributed by atoms with Crippen LogP contribution in [0.2, 0.25) is 0 Å². The van der Waals surface area contributed by atoms with Crippen molar-refractivity contribution in [2.24, 2.45) is 0 Å². The maximum atomic E-state index is 11.1. The average molecular weight is 433 g/mol. The predicted octanol–water partition coefficient (Wildman–Crippen LogP) is 0.499. The Morgan fingerprint density at radius 1 is 1.04 bits per heavy atom. The van der Waals surface area contributed by atoms with Crippen molar-refractivity contribution in [3.63, 3.8) is 0 Å². The standard InChI is InChI=1S/C12H21NO7P2S.2Na.2H/c1-20-10-4-6-11(7-5-10)23-9-3-2-8-13-12(21(14,15)16)22(17,18)19;;;;/h4-7,12-13H,2-3,8-9H2,1H3,(H2,14,15,16)(H2,17,18,19);;;;. The minimum absolute atomic E-state index is 0. The summed E-state index contributed by atoms with van der Waals surface area (Å²) in [5.74, 6) is 1.56. The normalized spacial score (nSPS) is 11.6. The van der Waals surface area contributed by atoms with Gasteiger partial charge in [0.25, 0.3) is 0 Å². The third kappa shape index (κ3) is 11.9. The number of ether oxygens (including phenoxy) is 1. The monoisotopic (exact) mass is 433 g/mol. The SMILES string of the molecule is COc1ccc(SCCCCNC(P(=O)(O)O)P(=O)(O)O)cc1.[NaH].[NaH]. The van der Waals surface area contributed by atoms with Gasteiger partial charge < -0.3 is 24.3 Å². The summed E-state index contributed by atoms with van der Waals surface area (Å²) in [7, 11) is -8.20. The molecule has 0 aliphatic rings. The van der Waals surface area contributed by atoms with Crippen molar-refractivity contribution in [2.75, 3.05) is 19.4 Å². The number of unbranched alkanes of at least 4 members (excludes halogenated alkanes) is 1. The Labute approximate surface area is 195 Å². The molecule has 0 aromatic heterocycles. The summed E-state index contributed by atoms with van der Waals surface area (Å²) in [6.45, 7) is 0.115. The molecule has 8 nitrogen and oxygen atoms in total. The zero-order valence-corrected chi connectivity index (χ0v) is 15.1. The van der Waals surface area contributed by atoms with E-state index in [9.17, 15) is 9.13 Å². The van der Waals surface area contributed by atoms with Crippen LogP contribution in [0.1, 0.15) is 12.8 Å².